The first kappa shape index (κ1) is 25.4. The van der Waals surface area contributed by atoms with E-state index in [1.165, 1.54) is 24.6 Å². The molecular weight excluding hydrogens is 442 g/mol. The Kier molecular flexibility index (Phi) is 8.32. The number of aliphatic hydroxyl groups is 1. The summed E-state index contributed by atoms with van der Waals surface area (Å²) in [7, 11) is 0. The first-order chi connectivity index (χ1) is 15.5. The van der Waals surface area contributed by atoms with Crippen molar-refractivity contribution in [3.63, 3.8) is 0 Å². The third-order valence-electron chi connectivity index (χ3n) is 5.39. The number of nitrogens with one attached hydrogen (secondary N) is 2. The van der Waals surface area contributed by atoms with Gasteiger partial charge in [-0.3, -0.25) is 4.79 Å². The number of benzene rings is 2. The molecule has 0 spiro atoms. The fraction of sp³-hybridized carbons (Fsp3) is 0.423. The topological polar surface area (TPSA) is 61.4 Å². The Morgan fingerprint density at radius 1 is 1.12 bits per heavy atom. The van der Waals surface area contributed by atoms with Gasteiger partial charge in [-0.1, -0.05) is 50.7 Å². The van der Waals surface area contributed by atoms with Gasteiger partial charge in [0.1, 0.15) is 11.6 Å². The molecule has 1 heterocycles. The van der Waals surface area contributed by atoms with E-state index in [1.54, 1.807) is 11.8 Å². The highest BCUT2D eigenvalue weighted by atomic mass is 32.2. The monoisotopic (exact) mass is 474 g/mol. The van der Waals surface area contributed by atoms with Gasteiger partial charge in [-0.2, -0.15) is 0 Å². The lowest BCUT2D eigenvalue weighted by atomic mass is 9.87. The van der Waals surface area contributed by atoms with Gasteiger partial charge in [0.25, 0.3) is 0 Å². The van der Waals surface area contributed by atoms with E-state index in [1.807, 2.05) is 5.41 Å². The lowest BCUT2D eigenvalue weighted by Crippen LogP contribution is -2.48. The number of hydrogen-bond donors (Lipinski definition) is 3. The van der Waals surface area contributed by atoms with E-state index in [4.69, 9.17) is 0 Å². The van der Waals surface area contributed by atoms with E-state index >= 15 is 0 Å². The zero-order valence-electron chi connectivity index (χ0n) is 19.5. The number of hydrogen-bond acceptors (Lipinski definition) is 4. The second-order valence-electron chi connectivity index (χ2n) is 9.80. The van der Waals surface area contributed by atoms with Crippen LogP contribution in [0.25, 0.3) is 0 Å². The second kappa shape index (κ2) is 10.8. The third kappa shape index (κ3) is 7.66. The number of fused-ring (bicyclic) bond motifs is 1. The Morgan fingerprint density at radius 3 is 2.45 bits per heavy atom. The molecule has 0 radical (unpaired) electrons. The molecule has 4 nitrogen and oxygen atoms in total. The fourth-order valence-corrected chi connectivity index (χ4v) is 4.91. The summed E-state index contributed by atoms with van der Waals surface area (Å²) in [6.45, 7) is 8.18. The quantitative estimate of drug-likeness (QED) is 0.509. The van der Waals surface area contributed by atoms with Crippen molar-refractivity contribution in [3.8, 4) is 0 Å². The minimum atomic E-state index is -0.954. The number of aliphatic hydroxyl groups excluding tert-OH is 1. The van der Waals surface area contributed by atoms with Crippen LogP contribution in [0, 0.1) is 17.0 Å². The van der Waals surface area contributed by atoms with Gasteiger partial charge in [0, 0.05) is 24.4 Å². The summed E-state index contributed by atoms with van der Waals surface area (Å²) in [6, 6.07) is 8.96. The molecule has 3 unspecified atom stereocenters. The summed E-state index contributed by atoms with van der Waals surface area (Å²) in [5.74, 6) is -1.69. The number of carbonyl (C=O) groups excluding carboxylic acids is 1. The molecule has 2 aromatic carbocycles. The average molecular weight is 475 g/mol. The van der Waals surface area contributed by atoms with Gasteiger partial charge in [0.15, 0.2) is 0 Å². The molecule has 178 valence electrons. The van der Waals surface area contributed by atoms with Crippen molar-refractivity contribution in [1.29, 1.82) is 0 Å². The molecule has 0 fully saturated rings. The van der Waals surface area contributed by atoms with Gasteiger partial charge in [-0.15, -0.1) is 0 Å². The van der Waals surface area contributed by atoms with Crippen molar-refractivity contribution in [1.82, 2.24) is 10.6 Å². The highest BCUT2D eigenvalue weighted by Gasteiger charge is 2.24. The van der Waals surface area contributed by atoms with Crippen molar-refractivity contribution in [3.05, 3.63) is 76.2 Å². The van der Waals surface area contributed by atoms with E-state index in [-0.39, 0.29) is 30.3 Å². The Balaban J connectivity index is 1.71. The summed E-state index contributed by atoms with van der Waals surface area (Å²) in [5.41, 5.74) is 2.96. The maximum atomic E-state index is 13.6. The second-order valence-corrected chi connectivity index (χ2v) is 10.7. The van der Waals surface area contributed by atoms with Crippen LogP contribution in [0.3, 0.4) is 0 Å². The van der Waals surface area contributed by atoms with Crippen LogP contribution in [0.1, 0.15) is 50.4 Å². The van der Waals surface area contributed by atoms with E-state index < -0.39 is 23.8 Å². The number of rotatable bonds is 8. The van der Waals surface area contributed by atoms with Crippen molar-refractivity contribution >= 4 is 17.7 Å². The number of thioether (sulfide) groups is 1. The van der Waals surface area contributed by atoms with Crippen LogP contribution in [0.5, 0.6) is 0 Å². The molecule has 3 N–H and O–H groups in total. The number of carbonyl (C=O) groups is 1. The van der Waals surface area contributed by atoms with Crippen LogP contribution in [0.4, 0.5) is 8.78 Å². The van der Waals surface area contributed by atoms with Crippen LogP contribution in [-0.2, 0) is 17.6 Å². The van der Waals surface area contributed by atoms with Crippen molar-refractivity contribution in [2.24, 2.45) is 5.41 Å². The zero-order chi connectivity index (χ0) is 24.2. The molecule has 0 bridgehead atoms. The summed E-state index contributed by atoms with van der Waals surface area (Å²) in [6.07, 6.45) is 2.17. The number of halogens is 2. The van der Waals surface area contributed by atoms with Crippen molar-refractivity contribution < 1.29 is 18.7 Å². The highest BCUT2D eigenvalue weighted by molar-refractivity contribution is 8.02. The number of amides is 1. The highest BCUT2D eigenvalue weighted by Crippen LogP contribution is 2.36. The zero-order valence-corrected chi connectivity index (χ0v) is 20.3. The molecule has 2 aromatic rings. The van der Waals surface area contributed by atoms with E-state index in [2.05, 4.69) is 55.7 Å². The lowest BCUT2D eigenvalue weighted by Gasteiger charge is -2.28. The maximum absolute atomic E-state index is 13.6. The molecule has 3 rings (SSSR count). The van der Waals surface area contributed by atoms with Gasteiger partial charge in [0.05, 0.1) is 18.2 Å². The van der Waals surface area contributed by atoms with Gasteiger partial charge in [-0.05, 0) is 58.6 Å². The summed E-state index contributed by atoms with van der Waals surface area (Å²) < 4.78 is 27.2. The lowest BCUT2D eigenvalue weighted by molar-refractivity contribution is -0.120. The van der Waals surface area contributed by atoms with Gasteiger partial charge in [-0.25, -0.2) is 8.78 Å². The SMILES string of the molecule is CC(=O)NC(Cc1cc(F)cc(F)c1)C(O)CNC1C=CSc2ccc(CC(C)(C)C)cc21. The summed E-state index contributed by atoms with van der Waals surface area (Å²) in [4.78, 5) is 12.9. The van der Waals surface area contributed by atoms with Crippen LogP contribution in [-0.4, -0.2) is 29.7 Å². The van der Waals surface area contributed by atoms with Crippen molar-refractivity contribution in [2.75, 3.05) is 6.54 Å². The van der Waals surface area contributed by atoms with Gasteiger partial charge in [0.2, 0.25) is 5.91 Å². The van der Waals surface area contributed by atoms with Gasteiger partial charge >= 0.3 is 0 Å². The third-order valence-corrected chi connectivity index (χ3v) is 6.31. The Morgan fingerprint density at radius 2 is 1.82 bits per heavy atom. The molecular formula is C26H32F2N2O2S. The van der Waals surface area contributed by atoms with E-state index in [9.17, 15) is 18.7 Å². The maximum Gasteiger partial charge on any atom is 0.217 e. The molecule has 1 amide bonds. The minimum Gasteiger partial charge on any atom is -0.390 e. The molecule has 1 aliphatic rings. The van der Waals surface area contributed by atoms with E-state index in [0.717, 1.165) is 22.9 Å². The molecule has 0 saturated carbocycles. The predicted octanol–water partition coefficient (Wildman–Crippen LogP) is 4.91. The average Bonchev–Trinajstić information content (AvgIpc) is 2.69. The first-order valence-electron chi connectivity index (χ1n) is 11.1. The standard InChI is InChI=1S/C26H32F2N2O2S/c1-16(31)30-23(12-18-9-19(27)13-20(28)10-18)24(32)15-29-22-7-8-33-25-6-5-17(11-21(22)25)14-26(2,3)4/h5-11,13,22-24,29,32H,12,14-15H2,1-4H3,(H,30,31). The Hall–Kier alpha value is -2.22. The fourth-order valence-electron chi connectivity index (χ4n) is 4.06. The van der Waals surface area contributed by atoms with Crippen molar-refractivity contribution in [2.45, 2.75) is 63.6 Å². The normalized spacial score (nSPS) is 17.4. The summed E-state index contributed by atoms with van der Waals surface area (Å²) >= 11 is 1.66. The first-order valence-corrected chi connectivity index (χ1v) is 12.0. The molecule has 0 aromatic heterocycles. The molecule has 0 saturated heterocycles. The molecule has 3 atom stereocenters. The smallest absolute Gasteiger partial charge is 0.217 e. The largest absolute Gasteiger partial charge is 0.390 e. The van der Waals surface area contributed by atoms with E-state index in [0.29, 0.717) is 5.56 Å². The van der Waals surface area contributed by atoms with Crippen LogP contribution in [0.15, 0.2) is 52.8 Å². The van der Waals surface area contributed by atoms with Crippen LogP contribution in [0.2, 0.25) is 0 Å². The van der Waals surface area contributed by atoms with Crippen LogP contribution < -0.4 is 10.6 Å². The van der Waals surface area contributed by atoms with Crippen LogP contribution >= 0.6 is 11.8 Å². The summed E-state index contributed by atoms with van der Waals surface area (Å²) in [5, 5.41) is 19.0. The minimum absolute atomic E-state index is 0.0830. The molecule has 33 heavy (non-hydrogen) atoms. The Labute approximate surface area is 198 Å². The molecule has 1 aliphatic heterocycles. The predicted molar refractivity (Wildman–Crippen MR) is 129 cm³/mol. The van der Waals surface area contributed by atoms with Gasteiger partial charge < -0.3 is 15.7 Å². The molecule has 7 heteroatoms. The Bertz CT molecular complexity index is 1000. The molecule has 0 aliphatic carbocycles.